The van der Waals surface area contributed by atoms with E-state index in [-0.39, 0.29) is 24.0 Å². The number of aliphatic imine (C=N–C) groups is 1. The molecular formula is C17H28IN3. The molecule has 21 heavy (non-hydrogen) atoms. The van der Waals surface area contributed by atoms with Crippen LogP contribution in [-0.2, 0) is 0 Å². The molecule has 0 spiro atoms. The molecule has 2 rings (SSSR count). The largest absolute Gasteiger partial charge is 0.357 e. The van der Waals surface area contributed by atoms with Crippen molar-refractivity contribution in [3.05, 3.63) is 35.4 Å². The van der Waals surface area contributed by atoms with Gasteiger partial charge in [-0.3, -0.25) is 4.99 Å². The van der Waals surface area contributed by atoms with Crippen molar-refractivity contribution in [2.24, 2.45) is 10.9 Å². The van der Waals surface area contributed by atoms with Crippen LogP contribution in [0.25, 0.3) is 0 Å². The molecule has 0 bridgehead atoms. The number of benzene rings is 1. The van der Waals surface area contributed by atoms with Gasteiger partial charge in [-0.05, 0) is 38.2 Å². The van der Waals surface area contributed by atoms with Gasteiger partial charge in [0.15, 0.2) is 5.96 Å². The molecule has 2 N–H and O–H groups in total. The van der Waals surface area contributed by atoms with Crippen molar-refractivity contribution in [1.29, 1.82) is 0 Å². The Labute approximate surface area is 146 Å². The van der Waals surface area contributed by atoms with E-state index in [1.54, 1.807) is 0 Å². The summed E-state index contributed by atoms with van der Waals surface area (Å²) >= 11 is 0. The Morgan fingerprint density at radius 3 is 2.71 bits per heavy atom. The first kappa shape index (κ1) is 18.3. The smallest absolute Gasteiger partial charge is 0.191 e. The lowest BCUT2D eigenvalue weighted by atomic mass is 10.00. The van der Waals surface area contributed by atoms with Crippen molar-refractivity contribution < 1.29 is 0 Å². The fourth-order valence-corrected chi connectivity index (χ4v) is 2.22. The van der Waals surface area contributed by atoms with Gasteiger partial charge >= 0.3 is 0 Å². The number of nitrogens with zero attached hydrogens (tertiary/aromatic N) is 1. The average Bonchev–Trinajstić information content (AvgIpc) is 3.25. The summed E-state index contributed by atoms with van der Waals surface area (Å²) in [5.41, 5.74) is 2.68. The van der Waals surface area contributed by atoms with E-state index in [2.05, 4.69) is 55.7 Å². The quantitative estimate of drug-likeness (QED) is 0.434. The summed E-state index contributed by atoms with van der Waals surface area (Å²) in [6.45, 7) is 9.28. The van der Waals surface area contributed by atoms with Gasteiger partial charge in [-0.1, -0.05) is 36.8 Å². The summed E-state index contributed by atoms with van der Waals surface area (Å²) in [5, 5.41) is 6.76. The highest BCUT2D eigenvalue weighted by Crippen LogP contribution is 2.27. The third kappa shape index (κ3) is 6.68. The van der Waals surface area contributed by atoms with Crippen molar-refractivity contribution in [3.8, 4) is 0 Å². The highest BCUT2D eigenvalue weighted by molar-refractivity contribution is 14.0. The van der Waals surface area contributed by atoms with E-state index < -0.39 is 0 Å². The van der Waals surface area contributed by atoms with Crippen LogP contribution in [0.5, 0.6) is 0 Å². The maximum atomic E-state index is 4.71. The number of nitrogens with one attached hydrogen (secondary N) is 2. The van der Waals surface area contributed by atoms with Crippen molar-refractivity contribution >= 4 is 29.9 Å². The molecule has 0 amide bonds. The van der Waals surface area contributed by atoms with Crippen LogP contribution < -0.4 is 10.6 Å². The second-order valence-corrected chi connectivity index (χ2v) is 5.86. The van der Waals surface area contributed by atoms with E-state index in [0.717, 1.165) is 31.5 Å². The SMILES string of the molecule is CCNC(=NCC(C)c1cccc(C)c1)NCC1CC1.I. The molecule has 0 radical (unpaired) electrons. The molecule has 1 atom stereocenters. The number of hydrogen-bond acceptors (Lipinski definition) is 1. The first-order valence-electron chi connectivity index (χ1n) is 7.77. The summed E-state index contributed by atoms with van der Waals surface area (Å²) in [6, 6.07) is 8.71. The summed E-state index contributed by atoms with van der Waals surface area (Å²) in [4.78, 5) is 4.71. The van der Waals surface area contributed by atoms with E-state index in [9.17, 15) is 0 Å². The predicted octanol–water partition coefficient (Wildman–Crippen LogP) is 3.68. The van der Waals surface area contributed by atoms with Crippen LogP contribution in [0, 0.1) is 12.8 Å². The van der Waals surface area contributed by atoms with E-state index in [4.69, 9.17) is 4.99 Å². The summed E-state index contributed by atoms with van der Waals surface area (Å²) < 4.78 is 0. The lowest BCUT2D eigenvalue weighted by Crippen LogP contribution is -2.38. The molecule has 1 aromatic carbocycles. The molecule has 1 unspecified atom stereocenters. The van der Waals surface area contributed by atoms with E-state index in [0.29, 0.717) is 5.92 Å². The van der Waals surface area contributed by atoms with Gasteiger partial charge in [-0.2, -0.15) is 0 Å². The second kappa shape index (κ2) is 9.28. The van der Waals surface area contributed by atoms with Crippen LogP contribution in [0.4, 0.5) is 0 Å². The molecular weight excluding hydrogens is 373 g/mol. The number of hydrogen-bond donors (Lipinski definition) is 2. The molecule has 0 saturated heterocycles. The van der Waals surface area contributed by atoms with Gasteiger partial charge in [0.2, 0.25) is 0 Å². The van der Waals surface area contributed by atoms with Gasteiger partial charge in [0, 0.05) is 25.6 Å². The zero-order valence-electron chi connectivity index (χ0n) is 13.4. The van der Waals surface area contributed by atoms with Gasteiger partial charge in [0.05, 0.1) is 0 Å². The van der Waals surface area contributed by atoms with Crippen LogP contribution in [-0.4, -0.2) is 25.6 Å². The number of guanidine groups is 1. The zero-order chi connectivity index (χ0) is 14.4. The molecule has 1 aliphatic rings. The van der Waals surface area contributed by atoms with Gasteiger partial charge in [-0.15, -0.1) is 24.0 Å². The summed E-state index contributed by atoms with van der Waals surface area (Å²) in [7, 11) is 0. The first-order valence-corrected chi connectivity index (χ1v) is 7.77. The van der Waals surface area contributed by atoms with Crippen LogP contribution in [0.2, 0.25) is 0 Å². The Kier molecular flexibility index (Phi) is 8.07. The van der Waals surface area contributed by atoms with Crippen LogP contribution >= 0.6 is 24.0 Å². The topological polar surface area (TPSA) is 36.4 Å². The lowest BCUT2D eigenvalue weighted by molar-refractivity contribution is 0.720. The van der Waals surface area contributed by atoms with Crippen LogP contribution in [0.1, 0.15) is 43.7 Å². The molecule has 0 heterocycles. The van der Waals surface area contributed by atoms with E-state index in [1.807, 2.05) is 0 Å². The normalized spacial score (nSPS) is 16.0. The molecule has 0 aliphatic heterocycles. The summed E-state index contributed by atoms with van der Waals surface area (Å²) in [5.74, 6) is 2.28. The first-order chi connectivity index (χ1) is 9.69. The zero-order valence-corrected chi connectivity index (χ0v) is 15.7. The minimum Gasteiger partial charge on any atom is -0.357 e. The molecule has 0 aromatic heterocycles. The minimum absolute atomic E-state index is 0. The van der Waals surface area contributed by atoms with E-state index in [1.165, 1.54) is 24.0 Å². The van der Waals surface area contributed by atoms with Crippen molar-refractivity contribution in [1.82, 2.24) is 10.6 Å². The molecule has 1 saturated carbocycles. The summed E-state index contributed by atoms with van der Waals surface area (Å²) in [6.07, 6.45) is 2.73. The number of halogens is 1. The molecule has 118 valence electrons. The van der Waals surface area contributed by atoms with Crippen LogP contribution in [0.15, 0.2) is 29.3 Å². The lowest BCUT2D eigenvalue weighted by Gasteiger charge is -2.14. The van der Waals surface area contributed by atoms with E-state index >= 15 is 0 Å². The van der Waals surface area contributed by atoms with Gasteiger partial charge in [-0.25, -0.2) is 0 Å². The van der Waals surface area contributed by atoms with Gasteiger partial charge < -0.3 is 10.6 Å². The van der Waals surface area contributed by atoms with Crippen molar-refractivity contribution in [2.75, 3.05) is 19.6 Å². The number of rotatable bonds is 6. The van der Waals surface area contributed by atoms with Crippen molar-refractivity contribution in [3.63, 3.8) is 0 Å². The maximum Gasteiger partial charge on any atom is 0.191 e. The Morgan fingerprint density at radius 2 is 2.10 bits per heavy atom. The molecule has 1 aliphatic carbocycles. The third-order valence-corrected chi connectivity index (χ3v) is 3.73. The average molecular weight is 401 g/mol. The standard InChI is InChI=1S/C17H27N3.HI/c1-4-18-17(20-12-15-8-9-15)19-11-14(3)16-7-5-6-13(2)10-16;/h5-7,10,14-15H,4,8-9,11-12H2,1-3H3,(H2,18,19,20);1H. The Bertz CT molecular complexity index is 455. The molecule has 1 aromatic rings. The highest BCUT2D eigenvalue weighted by atomic mass is 127. The Morgan fingerprint density at radius 1 is 1.33 bits per heavy atom. The van der Waals surface area contributed by atoms with Gasteiger partial charge in [0.25, 0.3) is 0 Å². The molecule has 1 fully saturated rings. The van der Waals surface area contributed by atoms with Gasteiger partial charge in [0.1, 0.15) is 0 Å². The third-order valence-electron chi connectivity index (χ3n) is 3.73. The monoisotopic (exact) mass is 401 g/mol. The predicted molar refractivity (Wildman–Crippen MR) is 102 cm³/mol. The van der Waals surface area contributed by atoms with Crippen molar-refractivity contribution in [2.45, 2.75) is 39.5 Å². The minimum atomic E-state index is 0. The fraction of sp³-hybridized carbons (Fsp3) is 0.588. The maximum absolute atomic E-state index is 4.71. The Hall–Kier alpha value is -0.780. The molecule has 3 nitrogen and oxygen atoms in total. The highest BCUT2D eigenvalue weighted by Gasteiger charge is 2.21. The number of aryl methyl sites for hydroxylation is 1. The fourth-order valence-electron chi connectivity index (χ4n) is 2.22. The molecule has 4 heteroatoms. The van der Waals surface area contributed by atoms with Crippen LogP contribution in [0.3, 0.4) is 0 Å². The second-order valence-electron chi connectivity index (χ2n) is 5.86. The Balaban J connectivity index is 0.00000220.